The van der Waals surface area contributed by atoms with Gasteiger partial charge in [0.2, 0.25) is 0 Å². The van der Waals surface area contributed by atoms with Crippen LogP contribution in [0.3, 0.4) is 0 Å². The van der Waals surface area contributed by atoms with Gasteiger partial charge in [-0.1, -0.05) is 38.1 Å². The van der Waals surface area contributed by atoms with E-state index in [0.29, 0.717) is 18.0 Å². The lowest BCUT2D eigenvalue weighted by molar-refractivity contribution is 0.293. The van der Waals surface area contributed by atoms with Crippen LogP contribution in [0.15, 0.2) is 48.5 Å². The van der Waals surface area contributed by atoms with Crippen LogP contribution in [-0.4, -0.2) is 45.9 Å². The van der Waals surface area contributed by atoms with Crippen LogP contribution < -0.4 is 9.47 Å². The van der Waals surface area contributed by atoms with Gasteiger partial charge in [0.05, 0.1) is 6.61 Å². The SMILES string of the molecule is CCOc1ccc(OCc2ccc(-c3n[nH]c(=S)n3CCCN(CC)CC)cc2)cc1. The molecular formula is C24H32N4O2S. The quantitative estimate of drug-likeness (QED) is 0.387. The highest BCUT2D eigenvalue weighted by Crippen LogP contribution is 2.21. The Morgan fingerprint density at radius 1 is 0.935 bits per heavy atom. The molecule has 7 heteroatoms. The standard InChI is InChI=1S/C24H32N4O2S/c1-4-27(5-2)16-7-17-28-23(25-26-24(28)31)20-10-8-19(9-11-20)18-30-22-14-12-21(13-15-22)29-6-3/h8-15H,4-7,16-18H2,1-3H3,(H,26,31). The smallest absolute Gasteiger partial charge is 0.195 e. The molecule has 0 aliphatic carbocycles. The Labute approximate surface area is 189 Å². The summed E-state index contributed by atoms with van der Waals surface area (Å²) in [6.07, 6.45) is 1.04. The molecule has 0 bridgehead atoms. The number of rotatable bonds is 12. The molecule has 0 unspecified atom stereocenters. The van der Waals surface area contributed by atoms with E-state index in [2.05, 4.69) is 57.8 Å². The molecule has 0 saturated heterocycles. The van der Waals surface area contributed by atoms with E-state index in [1.165, 1.54) is 0 Å². The second-order valence-corrected chi connectivity index (χ2v) is 7.66. The van der Waals surface area contributed by atoms with Crippen LogP contribution in [-0.2, 0) is 13.2 Å². The molecule has 0 radical (unpaired) electrons. The Morgan fingerprint density at radius 3 is 2.19 bits per heavy atom. The highest BCUT2D eigenvalue weighted by molar-refractivity contribution is 7.71. The van der Waals surface area contributed by atoms with E-state index < -0.39 is 0 Å². The molecule has 0 spiro atoms. The number of aromatic nitrogens is 3. The van der Waals surface area contributed by atoms with Crippen LogP contribution in [0.4, 0.5) is 0 Å². The van der Waals surface area contributed by atoms with Crippen LogP contribution in [0.5, 0.6) is 11.5 Å². The average Bonchev–Trinajstić information content (AvgIpc) is 3.17. The number of benzene rings is 2. The van der Waals surface area contributed by atoms with E-state index in [1.807, 2.05) is 31.2 Å². The van der Waals surface area contributed by atoms with Crippen LogP contribution in [0.2, 0.25) is 0 Å². The third-order valence-corrected chi connectivity index (χ3v) is 5.57. The zero-order valence-corrected chi connectivity index (χ0v) is 19.5. The summed E-state index contributed by atoms with van der Waals surface area (Å²) in [5.41, 5.74) is 2.14. The van der Waals surface area contributed by atoms with E-state index in [1.54, 1.807) is 0 Å². The number of hydrogen-bond acceptors (Lipinski definition) is 5. The van der Waals surface area contributed by atoms with Crippen LogP contribution >= 0.6 is 12.2 Å². The minimum atomic E-state index is 0.505. The van der Waals surface area contributed by atoms with Crippen molar-refractivity contribution in [1.29, 1.82) is 0 Å². The molecule has 0 aliphatic heterocycles. The van der Waals surface area contributed by atoms with Crippen molar-refractivity contribution in [2.24, 2.45) is 0 Å². The maximum Gasteiger partial charge on any atom is 0.195 e. The first-order valence-corrected chi connectivity index (χ1v) is 11.4. The molecule has 1 heterocycles. The molecule has 3 rings (SSSR count). The van der Waals surface area contributed by atoms with E-state index in [4.69, 9.17) is 21.7 Å². The third-order valence-electron chi connectivity index (χ3n) is 5.26. The molecule has 0 fully saturated rings. The van der Waals surface area contributed by atoms with Crippen LogP contribution in [0.25, 0.3) is 11.4 Å². The van der Waals surface area contributed by atoms with Gasteiger partial charge in [0.1, 0.15) is 18.1 Å². The second-order valence-electron chi connectivity index (χ2n) is 7.27. The van der Waals surface area contributed by atoms with Gasteiger partial charge < -0.3 is 18.9 Å². The lowest BCUT2D eigenvalue weighted by atomic mass is 10.1. The predicted molar refractivity (Wildman–Crippen MR) is 127 cm³/mol. The normalized spacial score (nSPS) is 11.1. The van der Waals surface area contributed by atoms with E-state index in [-0.39, 0.29) is 0 Å². The summed E-state index contributed by atoms with van der Waals surface area (Å²) < 4.78 is 14.1. The fourth-order valence-electron chi connectivity index (χ4n) is 3.45. The number of hydrogen-bond donors (Lipinski definition) is 1. The van der Waals surface area contributed by atoms with Gasteiger partial charge >= 0.3 is 0 Å². The Morgan fingerprint density at radius 2 is 1.58 bits per heavy atom. The number of aromatic amines is 1. The maximum absolute atomic E-state index is 5.89. The molecule has 166 valence electrons. The van der Waals surface area contributed by atoms with Crippen LogP contribution in [0, 0.1) is 4.77 Å². The molecule has 31 heavy (non-hydrogen) atoms. The summed E-state index contributed by atoms with van der Waals surface area (Å²) >= 11 is 5.46. The summed E-state index contributed by atoms with van der Waals surface area (Å²) in [6.45, 7) is 11.6. The van der Waals surface area contributed by atoms with Gasteiger partial charge in [0.15, 0.2) is 10.6 Å². The van der Waals surface area contributed by atoms with Gasteiger partial charge in [-0.05, 0) is 75.0 Å². The van der Waals surface area contributed by atoms with Crippen molar-refractivity contribution < 1.29 is 9.47 Å². The first-order valence-electron chi connectivity index (χ1n) is 11.0. The Bertz CT molecular complexity index is 976. The minimum absolute atomic E-state index is 0.505. The number of ether oxygens (including phenoxy) is 2. The van der Waals surface area contributed by atoms with Gasteiger partial charge in [-0.3, -0.25) is 5.10 Å². The van der Waals surface area contributed by atoms with Crippen molar-refractivity contribution in [2.75, 3.05) is 26.2 Å². The summed E-state index contributed by atoms with van der Waals surface area (Å²) in [5.74, 6) is 2.55. The minimum Gasteiger partial charge on any atom is -0.494 e. The molecule has 1 aromatic heterocycles. The topological polar surface area (TPSA) is 55.3 Å². The van der Waals surface area contributed by atoms with E-state index in [9.17, 15) is 0 Å². The molecule has 3 aromatic rings. The third kappa shape index (κ3) is 6.42. The second kappa shape index (κ2) is 11.7. The highest BCUT2D eigenvalue weighted by atomic mass is 32.1. The molecule has 0 atom stereocenters. The fourth-order valence-corrected chi connectivity index (χ4v) is 3.68. The summed E-state index contributed by atoms with van der Waals surface area (Å²) in [6, 6.07) is 16.0. The first-order chi connectivity index (χ1) is 15.1. The van der Waals surface area contributed by atoms with Gasteiger partial charge in [-0.25, -0.2) is 0 Å². The maximum atomic E-state index is 5.89. The monoisotopic (exact) mass is 440 g/mol. The lowest BCUT2D eigenvalue weighted by Crippen LogP contribution is -2.24. The van der Waals surface area contributed by atoms with Crippen LogP contribution in [0.1, 0.15) is 32.8 Å². The summed E-state index contributed by atoms with van der Waals surface area (Å²) in [5, 5.41) is 7.40. The highest BCUT2D eigenvalue weighted by Gasteiger charge is 2.10. The number of H-pyrrole nitrogens is 1. The Kier molecular flexibility index (Phi) is 8.67. The molecule has 6 nitrogen and oxygen atoms in total. The zero-order chi connectivity index (χ0) is 22.1. The molecule has 0 aliphatic rings. The van der Waals surface area contributed by atoms with Crippen molar-refractivity contribution >= 4 is 12.2 Å². The molecule has 2 aromatic carbocycles. The Balaban J connectivity index is 1.60. The zero-order valence-electron chi connectivity index (χ0n) is 18.6. The molecule has 0 saturated carbocycles. The van der Waals surface area contributed by atoms with Crippen molar-refractivity contribution in [3.05, 3.63) is 58.9 Å². The van der Waals surface area contributed by atoms with E-state index >= 15 is 0 Å². The Hall–Kier alpha value is -2.64. The largest absolute Gasteiger partial charge is 0.494 e. The van der Waals surface area contributed by atoms with Crippen molar-refractivity contribution in [1.82, 2.24) is 19.7 Å². The first kappa shape index (κ1) is 23.0. The number of nitrogens with one attached hydrogen (secondary N) is 1. The van der Waals surface area contributed by atoms with Crippen molar-refractivity contribution in [3.63, 3.8) is 0 Å². The van der Waals surface area contributed by atoms with Gasteiger partial charge in [0, 0.05) is 12.1 Å². The van der Waals surface area contributed by atoms with Crippen molar-refractivity contribution in [3.8, 4) is 22.9 Å². The lowest BCUT2D eigenvalue weighted by Gasteiger charge is -2.18. The molecular weight excluding hydrogens is 408 g/mol. The number of nitrogens with zero attached hydrogens (tertiary/aromatic N) is 3. The van der Waals surface area contributed by atoms with E-state index in [0.717, 1.165) is 61.1 Å². The van der Waals surface area contributed by atoms with Gasteiger partial charge in [-0.15, -0.1) is 0 Å². The summed E-state index contributed by atoms with van der Waals surface area (Å²) in [4.78, 5) is 2.42. The summed E-state index contributed by atoms with van der Waals surface area (Å²) in [7, 11) is 0. The fraction of sp³-hybridized carbons (Fsp3) is 0.417. The molecule has 1 N–H and O–H groups in total. The average molecular weight is 441 g/mol. The van der Waals surface area contributed by atoms with Gasteiger partial charge in [0.25, 0.3) is 0 Å². The predicted octanol–water partition coefficient (Wildman–Crippen LogP) is 5.32. The van der Waals surface area contributed by atoms with Crippen molar-refractivity contribution in [2.45, 2.75) is 40.3 Å². The van der Waals surface area contributed by atoms with Gasteiger partial charge in [-0.2, -0.15) is 5.10 Å². The molecule has 0 amide bonds.